The Morgan fingerprint density at radius 2 is 0.689 bits per heavy atom. The van der Waals surface area contributed by atoms with Gasteiger partial charge in [-0.05, 0) is 82.9 Å². The third-order valence-corrected chi connectivity index (χ3v) is 8.91. The predicted molar refractivity (Wildman–Crippen MR) is 188 cm³/mol. The maximum Gasteiger partial charge on any atom is 0.0742 e. The number of hydrogen-bond donors (Lipinski definition) is 0. The highest BCUT2D eigenvalue weighted by Gasteiger charge is 2.46. The molecule has 1 aliphatic rings. The normalized spacial score (nSPS) is 13.0. The summed E-state index contributed by atoms with van der Waals surface area (Å²) in [6.45, 7) is 0. The number of hydrogen-bond acceptors (Lipinski definition) is 2. The van der Waals surface area contributed by atoms with E-state index in [1.807, 2.05) is 0 Å². The molecular formula is C43H32N2. The Morgan fingerprint density at radius 3 is 1.13 bits per heavy atom. The molecule has 0 saturated heterocycles. The van der Waals surface area contributed by atoms with Crippen LogP contribution in [0.5, 0.6) is 0 Å². The number of rotatable bonds is 6. The highest BCUT2D eigenvalue weighted by atomic mass is 15.2. The van der Waals surface area contributed by atoms with Gasteiger partial charge in [-0.2, -0.15) is 0 Å². The molecule has 1 heterocycles. The molecule has 0 fully saturated rings. The minimum atomic E-state index is -0.469. The average Bonchev–Trinajstić information content (AvgIpc) is 3.13. The van der Waals surface area contributed by atoms with E-state index in [-0.39, 0.29) is 0 Å². The van der Waals surface area contributed by atoms with E-state index in [4.69, 9.17) is 0 Å². The highest BCUT2D eigenvalue weighted by Crippen LogP contribution is 2.57. The molecule has 0 aliphatic carbocycles. The topological polar surface area (TPSA) is 6.48 Å². The van der Waals surface area contributed by atoms with Gasteiger partial charge in [-0.25, -0.2) is 0 Å². The van der Waals surface area contributed by atoms with Crippen molar-refractivity contribution in [3.05, 3.63) is 216 Å². The van der Waals surface area contributed by atoms with Gasteiger partial charge in [-0.15, -0.1) is 0 Å². The monoisotopic (exact) mass is 576 g/mol. The van der Waals surface area contributed by atoms with Crippen molar-refractivity contribution in [2.45, 2.75) is 5.41 Å². The van der Waals surface area contributed by atoms with Crippen molar-refractivity contribution in [1.29, 1.82) is 0 Å². The molecular weight excluding hydrogens is 544 g/mol. The Bertz CT molecular complexity index is 1910. The van der Waals surface area contributed by atoms with Crippen LogP contribution < -0.4 is 9.80 Å². The summed E-state index contributed by atoms with van der Waals surface area (Å²) in [5.74, 6) is 0. The van der Waals surface area contributed by atoms with E-state index in [1.165, 1.54) is 33.6 Å². The van der Waals surface area contributed by atoms with Gasteiger partial charge in [0.05, 0.1) is 16.8 Å². The number of para-hydroxylation sites is 4. The van der Waals surface area contributed by atoms with Gasteiger partial charge in [0, 0.05) is 22.7 Å². The molecule has 0 amide bonds. The van der Waals surface area contributed by atoms with E-state index in [9.17, 15) is 0 Å². The Balaban J connectivity index is 1.32. The van der Waals surface area contributed by atoms with Crippen molar-refractivity contribution >= 4 is 34.1 Å². The fourth-order valence-electron chi connectivity index (χ4n) is 7.04. The van der Waals surface area contributed by atoms with Gasteiger partial charge in [0.25, 0.3) is 0 Å². The smallest absolute Gasteiger partial charge is 0.0742 e. The van der Waals surface area contributed by atoms with Crippen molar-refractivity contribution in [3.8, 4) is 0 Å². The zero-order chi connectivity index (χ0) is 30.1. The quantitative estimate of drug-likeness (QED) is 0.194. The Labute approximate surface area is 265 Å². The van der Waals surface area contributed by atoms with Gasteiger partial charge in [-0.3, -0.25) is 0 Å². The highest BCUT2D eigenvalue weighted by molar-refractivity contribution is 5.90. The van der Waals surface area contributed by atoms with Crippen LogP contribution >= 0.6 is 0 Å². The van der Waals surface area contributed by atoms with Crippen LogP contribution in [0.25, 0.3) is 0 Å². The first kappa shape index (κ1) is 26.7. The van der Waals surface area contributed by atoms with Crippen molar-refractivity contribution in [2.24, 2.45) is 0 Å². The van der Waals surface area contributed by atoms with Gasteiger partial charge in [0.2, 0.25) is 0 Å². The van der Waals surface area contributed by atoms with E-state index >= 15 is 0 Å². The minimum absolute atomic E-state index is 0.469. The van der Waals surface area contributed by atoms with Crippen LogP contribution in [0.3, 0.4) is 0 Å². The summed E-state index contributed by atoms with van der Waals surface area (Å²) in [5.41, 5.74) is 11.4. The Hall–Kier alpha value is -5.86. The molecule has 0 saturated carbocycles. The third kappa shape index (κ3) is 4.42. The second-order valence-electron chi connectivity index (χ2n) is 11.4. The molecule has 1 aliphatic heterocycles. The van der Waals surface area contributed by atoms with Crippen LogP contribution in [0.15, 0.2) is 194 Å². The second-order valence-corrected chi connectivity index (χ2v) is 11.4. The molecule has 0 N–H and O–H groups in total. The molecule has 2 nitrogen and oxygen atoms in total. The summed E-state index contributed by atoms with van der Waals surface area (Å²) < 4.78 is 0. The van der Waals surface area contributed by atoms with Crippen LogP contribution in [-0.4, -0.2) is 0 Å². The maximum atomic E-state index is 2.42. The first-order valence-electron chi connectivity index (χ1n) is 15.5. The van der Waals surface area contributed by atoms with Crippen molar-refractivity contribution < 1.29 is 0 Å². The van der Waals surface area contributed by atoms with Crippen molar-refractivity contribution in [3.63, 3.8) is 0 Å². The largest absolute Gasteiger partial charge is 0.311 e. The summed E-state index contributed by atoms with van der Waals surface area (Å²) in [7, 11) is 0. The molecule has 0 aromatic heterocycles. The molecule has 0 radical (unpaired) electrons. The van der Waals surface area contributed by atoms with E-state index < -0.39 is 5.41 Å². The standard InChI is InChI=1S/C43H32N2/c1-5-17-33(18-6-1)43(34-19-7-2-8-20-34)39-25-13-15-27-41(39)45(42-28-16-14-26-40(42)43)38-31-29-37(30-32-38)44(35-21-9-3-10-22-35)36-23-11-4-12-24-36/h1-32H. The van der Waals surface area contributed by atoms with Crippen molar-refractivity contribution in [2.75, 3.05) is 9.80 Å². The van der Waals surface area contributed by atoms with Crippen molar-refractivity contribution in [1.82, 2.24) is 0 Å². The number of benzene rings is 7. The second kappa shape index (κ2) is 11.3. The fourth-order valence-corrected chi connectivity index (χ4v) is 7.04. The average molecular weight is 577 g/mol. The maximum absolute atomic E-state index is 2.42. The number of anilines is 6. The summed E-state index contributed by atoms with van der Waals surface area (Å²) in [6, 6.07) is 69.8. The molecule has 0 bridgehead atoms. The molecule has 214 valence electrons. The first-order chi connectivity index (χ1) is 22.4. The lowest BCUT2D eigenvalue weighted by molar-refractivity contribution is 0.731. The summed E-state index contributed by atoms with van der Waals surface area (Å²) >= 11 is 0. The Kier molecular flexibility index (Phi) is 6.73. The van der Waals surface area contributed by atoms with Gasteiger partial charge >= 0.3 is 0 Å². The first-order valence-corrected chi connectivity index (χ1v) is 15.5. The summed E-state index contributed by atoms with van der Waals surface area (Å²) in [5, 5.41) is 0. The number of fused-ring (bicyclic) bond motifs is 2. The number of nitrogens with zero attached hydrogens (tertiary/aromatic N) is 2. The van der Waals surface area contributed by atoms with Crippen LogP contribution in [0.4, 0.5) is 34.1 Å². The molecule has 7 aromatic rings. The zero-order valence-electron chi connectivity index (χ0n) is 24.9. The molecule has 0 unspecified atom stereocenters. The van der Waals surface area contributed by atoms with Gasteiger partial charge in [-0.1, -0.05) is 133 Å². The van der Waals surface area contributed by atoms with Crippen LogP contribution in [0.2, 0.25) is 0 Å². The molecule has 2 heteroatoms. The lowest BCUT2D eigenvalue weighted by Gasteiger charge is -2.46. The lowest BCUT2D eigenvalue weighted by Crippen LogP contribution is -2.37. The summed E-state index contributed by atoms with van der Waals surface area (Å²) in [6.07, 6.45) is 0. The van der Waals surface area contributed by atoms with E-state index in [0.29, 0.717) is 0 Å². The minimum Gasteiger partial charge on any atom is -0.311 e. The molecule has 7 aromatic carbocycles. The van der Waals surface area contributed by atoms with E-state index in [1.54, 1.807) is 0 Å². The zero-order valence-corrected chi connectivity index (χ0v) is 24.9. The van der Waals surface area contributed by atoms with Crippen LogP contribution in [0.1, 0.15) is 22.3 Å². The van der Waals surface area contributed by atoms with Gasteiger partial charge in [0.1, 0.15) is 0 Å². The van der Waals surface area contributed by atoms with Crippen LogP contribution in [0, 0.1) is 0 Å². The summed E-state index contributed by atoms with van der Waals surface area (Å²) in [4.78, 5) is 4.73. The van der Waals surface area contributed by atoms with E-state index in [0.717, 1.165) is 22.7 Å². The van der Waals surface area contributed by atoms with Gasteiger partial charge < -0.3 is 9.80 Å². The molecule has 0 atom stereocenters. The molecule has 45 heavy (non-hydrogen) atoms. The third-order valence-electron chi connectivity index (χ3n) is 8.91. The lowest BCUT2D eigenvalue weighted by atomic mass is 9.62. The van der Waals surface area contributed by atoms with E-state index in [2.05, 4.69) is 204 Å². The predicted octanol–water partition coefficient (Wildman–Crippen LogP) is 11.3. The van der Waals surface area contributed by atoms with Gasteiger partial charge in [0.15, 0.2) is 0 Å². The molecule has 8 rings (SSSR count). The fraction of sp³-hybridized carbons (Fsp3) is 0.0233. The Morgan fingerprint density at radius 1 is 0.333 bits per heavy atom. The van der Waals surface area contributed by atoms with Crippen LogP contribution in [-0.2, 0) is 5.41 Å². The molecule has 0 spiro atoms. The SMILES string of the molecule is c1ccc(N(c2ccccc2)c2ccc(N3c4ccccc4C(c4ccccc4)(c4ccccc4)c4ccccc43)cc2)cc1.